The van der Waals surface area contributed by atoms with Gasteiger partial charge in [0.25, 0.3) is 0 Å². The summed E-state index contributed by atoms with van der Waals surface area (Å²) in [5.74, 6) is 1.88. The molecular formula is C12H25N. The van der Waals surface area contributed by atoms with Crippen molar-refractivity contribution >= 4 is 0 Å². The molecule has 0 amide bonds. The Balaban J connectivity index is 2.30. The van der Waals surface area contributed by atoms with Gasteiger partial charge in [0, 0.05) is 6.04 Å². The molecule has 0 saturated heterocycles. The van der Waals surface area contributed by atoms with Gasteiger partial charge in [-0.3, -0.25) is 0 Å². The predicted octanol–water partition coefficient (Wildman–Crippen LogP) is 3.20. The lowest BCUT2D eigenvalue weighted by atomic mass is 9.89. The van der Waals surface area contributed by atoms with E-state index in [2.05, 4.69) is 26.1 Å². The summed E-state index contributed by atoms with van der Waals surface area (Å²) in [4.78, 5) is 0. The Morgan fingerprint density at radius 3 is 2.54 bits per heavy atom. The maximum Gasteiger partial charge on any atom is 0.00670 e. The van der Waals surface area contributed by atoms with Crippen LogP contribution in [0.25, 0.3) is 0 Å². The standard InChI is InChI=1S/C12H25N/c1-4-13-12-7-5-6-11(8-9-12)10(2)3/h10-13H,4-9H2,1-3H3. The Labute approximate surface area is 83.3 Å². The molecule has 0 radical (unpaired) electrons. The van der Waals surface area contributed by atoms with Crippen molar-refractivity contribution in [1.29, 1.82) is 0 Å². The third-order valence-electron chi connectivity index (χ3n) is 3.45. The van der Waals surface area contributed by atoms with E-state index < -0.39 is 0 Å². The highest BCUT2D eigenvalue weighted by atomic mass is 14.9. The second-order valence-corrected chi connectivity index (χ2v) is 4.77. The van der Waals surface area contributed by atoms with Crippen LogP contribution in [0.2, 0.25) is 0 Å². The number of rotatable bonds is 3. The molecule has 78 valence electrons. The van der Waals surface area contributed by atoms with Gasteiger partial charge in [-0.15, -0.1) is 0 Å². The highest BCUT2D eigenvalue weighted by Gasteiger charge is 2.19. The SMILES string of the molecule is CCNC1CCCC(C(C)C)CC1. The quantitative estimate of drug-likeness (QED) is 0.663. The summed E-state index contributed by atoms with van der Waals surface area (Å²) in [5.41, 5.74) is 0. The molecule has 1 N–H and O–H groups in total. The molecule has 1 rings (SSSR count). The summed E-state index contributed by atoms with van der Waals surface area (Å²) in [6.45, 7) is 8.10. The molecule has 0 heterocycles. The zero-order chi connectivity index (χ0) is 9.68. The van der Waals surface area contributed by atoms with E-state index in [0.29, 0.717) is 0 Å². The Morgan fingerprint density at radius 2 is 1.92 bits per heavy atom. The lowest BCUT2D eigenvalue weighted by molar-refractivity contribution is 0.338. The number of nitrogens with one attached hydrogen (secondary N) is 1. The van der Waals surface area contributed by atoms with E-state index in [0.717, 1.165) is 24.4 Å². The van der Waals surface area contributed by atoms with E-state index in [9.17, 15) is 0 Å². The lowest BCUT2D eigenvalue weighted by Crippen LogP contribution is -2.28. The normalized spacial score (nSPS) is 30.5. The van der Waals surface area contributed by atoms with Crippen LogP contribution >= 0.6 is 0 Å². The van der Waals surface area contributed by atoms with Gasteiger partial charge >= 0.3 is 0 Å². The smallest absolute Gasteiger partial charge is 0.00670 e. The number of hydrogen-bond acceptors (Lipinski definition) is 1. The average molecular weight is 183 g/mol. The Bertz CT molecular complexity index is 131. The molecule has 0 bridgehead atoms. The van der Waals surface area contributed by atoms with Crippen molar-refractivity contribution in [2.45, 2.75) is 58.9 Å². The van der Waals surface area contributed by atoms with Gasteiger partial charge in [0.05, 0.1) is 0 Å². The van der Waals surface area contributed by atoms with Crippen LogP contribution in [-0.4, -0.2) is 12.6 Å². The molecular weight excluding hydrogens is 158 g/mol. The maximum atomic E-state index is 3.58. The maximum absolute atomic E-state index is 3.58. The predicted molar refractivity (Wildman–Crippen MR) is 58.9 cm³/mol. The topological polar surface area (TPSA) is 12.0 Å². The molecule has 0 aromatic carbocycles. The van der Waals surface area contributed by atoms with Crippen molar-refractivity contribution in [1.82, 2.24) is 5.32 Å². The lowest BCUT2D eigenvalue weighted by Gasteiger charge is -2.18. The van der Waals surface area contributed by atoms with E-state index in [1.807, 2.05) is 0 Å². The Morgan fingerprint density at radius 1 is 1.15 bits per heavy atom. The van der Waals surface area contributed by atoms with Crippen LogP contribution in [0.5, 0.6) is 0 Å². The van der Waals surface area contributed by atoms with Crippen LogP contribution in [0.4, 0.5) is 0 Å². The zero-order valence-electron chi connectivity index (χ0n) is 9.47. The molecule has 0 aliphatic heterocycles. The fourth-order valence-electron chi connectivity index (χ4n) is 2.49. The van der Waals surface area contributed by atoms with Gasteiger partial charge in [0.15, 0.2) is 0 Å². The highest BCUT2D eigenvalue weighted by Crippen LogP contribution is 2.28. The molecule has 1 heteroatoms. The van der Waals surface area contributed by atoms with Crippen molar-refractivity contribution in [3.05, 3.63) is 0 Å². The molecule has 1 saturated carbocycles. The molecule has 0 aromatic heterocycles. The van der Waals surface area contributed by atoms with E-state index >= 15 is 0 Å². The van der Waals surface area contributed by atoms with Crippen molar-refractivity contribution in [3.63, 3.8) is 0 Å². The molecule has 1 aliphatic rings. The molecule has 2 atom stereocenters. The molecule has 2 unspecified atom stereocenters. The fraction of sp³-hybridized carbons (Fsp3) is 1.00. The van der Waals surface area contributed by atoms with Gasteiger partial charge in [-0.25, -0.2) is 0 Å². The van der Waals surface area contributed by atoms with E-state index in [4.69, 9.17) is 0 Å². The largest absolute Gasteiger partial charge is 0.314 e. The molecule has 1 aliphatic carbocycles. The van der Waals surface area contributed by atoms with Crippen LogP contribution in [-0.2, 0) is 0 Å². The zero-order valence-corrected chi connectivity index (χ0v) is 9.47. The van der Waals surface area contributed by atoms with Gasteiger partial charge in [-0.1, -0.05) is 33.6 Å². The minimum Gasteiger partial charge on any atom is -0.314 e. The summed E-state index contributed by atoms with van der Waals surface area (Å²) in [6, 6.07) is 0.814. The Kier molecular flexibility index (Phi) is 4.79. The van der Waals surface area contributed by atoms with Crippen LogP contribution in [0.1, 0.15) is 52.9 Å². The van der Waals surface area contributed by atoms with Crippen molar-refractivity contribution < 1.29 is 0 Å². The minimum absolute atomic E-state index is 0.814. The third kappa shape index (κ3) is 3.68. The van der Waals surface area contributed by atoms with Crippen LogP contribution in [0.3, 0.4) is 0 Å². The van der Waals surface area contributed by atoms with E-state index in [-0.39, 0.29) is 0 Å². The molecule has 1 fully saturated rings. The summed E-state index contributed by atoms with van der Waals surface area (Å²) in [6.07, 6.45) is 7.13. The first-order chi connectivity index (χ1) is 6.24. The summed E-state index contributed by atoms with van der Waals surface area (Å²) >= 11 is 0. The summed E-state index contributed by atoms with van der Waals surface area (Å²) in [5, 5.41) is 3.58. The van der Waals surface area contributed by atoms with Crippen molar-refractivity contribution in [2.24, 2.45) is 11.8 Å². The molecule has 0 spiro atoms. The van der Waals surface area contributed by atoms with Crippen molar-refractivity contribution in [2.75, 3.05) is 6.54 Å². The van der Waals surface area contributed by atoms with E-state index in [1.54, 1.807) is 0 Å². The monoisotopic (exact) mass is 183 g/mol. The first-order valence-corrected chi connectivity index (χ1v) is 5.97. The first-order valence-electron chi connectivity index (χ1n) is 5.97. The number of hydrogen-bond donors (Lipinski definition) is 1. The van der Waals surface area contributed by atoms with Gasteiger partial charge in [0.2, 0.25) is 0 Å². The van der Waals surface area contributed by atoms with Gasteiger partial charge < -0.3 is 5.32 Å². The molecule has 1 nitrogen and oxygen atoms in total. The van der Waals surface area contributed by atoms with Gasteiger partial charge in [-0.2, -0.15) is 0 Å². The first kappa shape index (κ1) is 11.0. The van der Waals surface area contributed by atoms with Crippen LogP contribution in [0.15, 0.2) is 0 Å². The summed E-state index contributed by atoms with van der Waals surface area (Å²) < 4.78 is 0. The average Bonchev–Trinajstić information content (AvgIpc) is 2.30. The third-order valence-corrected chi connectivity index (χ3v) is 3.45. The molecule has 0 aromatic rings. The molecule has 13 heavy (non-hydrogen) atoms. The second-order valence-electron chi connectivity index (χ2n) is 4.77. The van der Waals surface area contributed by atoms with Crippen LogP contribution < -0.4 is 5.32 Å². The van der Waals surface area contributed by atoms with E-state index in [1.165, 1.54) is 32.1 Å². The minimum atomic E-state index is 0.814. The second kappa shape index (κ2) is 5.64. The van der Waals surface area contributed by atoms with Gasteiger partial charge in [0.1, 0.15) is 0 Å². The van der Waals surface area contributed by atoms with Crippen molar-refractivity contribution in [3.8, 4) is 0 Å². The van der Waals surface area contributed by atoms with Crippen LogP contribution in [0, 0.1) is 11.8 Å². The Hall–Kier alpha value is -0.0400. The van der Waals surface area contributed by atoms with Gasteiger partial charge in [-0.05, 0) is 37.6 Å². The highest BCUT2D eigenvalue weighted by molar-refractivity contribution is 4.75. The summed E-state index contributed by atoms with van der Waals surface area (Å²) in [7, 11) is 0. The fourth-order valence-corrected chi connectivity index (χ4v) is 2.49.